The average Bonchev–Trinajstić information content (AvgIpc) is 2.87. The smallest absolute Gasteiger partial charge is 0.255 e. The van der Waals surface area contributed by atoms with E-state index in [2.05, 4.69) is 23.6 Å². The van der Waals surface area contributed by atoms with Gasteiger partial charge in [-0.25, -0.2) is 13.4 Å². The monoisotopic (exact) mass is 360 g/mol. The first-order valence-electron chi connectivity index (χ1n) is 7.82. The van der Waals surface area contributed by atoms with Gasteiger partial charge in [0.05, 0.1) is 15.1 Å². The van der Waals surface area contributed by atoms with E-state index in [1.54, 1.807) is 12.1 Å². The SMILES string of the molecule is Cc1ccc2nc(NS(=O)(=O)c3ccc(CC(C)C)cc3)sc2c1. The number of anilines is 1. The van der Waals surface area contributed by atoms with E-state index in [1.165, 1.54) is 11.3 Å². The zero-order valence-electron chi connectivity index (χ0n) is 13.9. The van der Waals surface area contributed by atoms with Crippen LogP contribution in [0, 0.1) is 12.8 Å². The lowest BCUT2D eigenvalue weighted by molar-refractivity contribution is 0.601. The molecule has 126 valence electrons. The number of hydrogen-bond acceptors (Lipinski definition) is 4. The van der Waals surface area contributed by atoms with Crippen LogP contribution in [0.1, 0.15) is 25.0 Å². The summed E-state index contributed by atoms with van der Waals surface area (Å²) in [7, 11) is -3.62. The molecule has 1 heterocycles. The Labute approximate surface area is 146 Å². The third-order valence-corrected chi connectivity index (χ3v) is 6.06. The van der Waals surface area contributed by atoms with Crippen LogP contribution in [-0.4, -0.2) is 13.4 Å². The molecule has 6 heteroatoms. The van der Waals surface area contributed by atoms with E-state index >= 15 is 0 Å². The van der Waals surface area contributed by atoms with Crippen LogP contribution in [-0.2, 0) is 16.4 Å². The normalized spacial score (nSPS) is 12.0. The molecule has 0 atom stereocenters. The molecular weight excluding hydrogens is 340 g/mol. The maximum Gasteiger partial charge on any atom is 0.263 e. The lowest BCUT2D eigenvalue weighted by Crippen LogP contribution is -2.12. The molecule has 3 rings (SSSR count). The number of rotatable bonds is 5. The second kappa shape index (κ2) is 6.53. The van der Waals surface area contributed by atoms with E-state index in [0.29, 0.717) is 11.0 Å². The van der Waals surface area contributed by atoms with Crippen molar-refractivity contribution in [2.45, 2.75) is 32.1 Å². The van der Waals surface area contributed by atoms with Crippen molar-refractivity contribution in [3.8, 4) is 0 Å². The number of fused-ring (bicyclic) bond motifs is 1. The molecule has 0 saturated heterocycles. The highest BCUT2D eigenvalue weighted by Gasteiger charge is 2.16. The minimum absolute atomic E-state index is 0.255. The summed E-state index contributed by atoms with van der Waals surface area (Å²) in [6.45, 7) is 6.28. The Morgan fingerprint density at radius 2 is 1.83 bits per heavy atom. The fourth-order valence-corrected chi connectivity index (χ4v) is 4.72. The van der Waals surface area contributed by atoms with Gasteiger partial charge in [-0.3, -0.25) is 4.72 Å². The molecule has 0 radical (unpaired) electrons. The predicted molar refractivity (Wildman–Crippen MR) is 100 cm³/mol. The zero-order valence-corrected chi connectivity index (χ0v) is 15.5. The van der Waals surface area contributed by atoms with Gasteiger partial charge < -0.3 is 0 Å². The number of hydrogen-bond donors (Lipinski definition) is 1. The molecule has 1 aromatic heterocycles. The van der Waals surface area contributed by atoms with Crippen molar-refractivity contribution in [2.75, 3.05) is 4.72 Å². The van der Waals surface area contributed by atoms with Gasteiger partial charge in [-0.15, -0.1) is 0 Å². The maximum absolute atomic E-state index is 12.5. The molecule has 1 N–H and O–H groups in total. The number of benzene rings is 2. The summed E-state index contributed by atoms with van der Waals surface area (Å²) in [6, 6.07) is 12.9. The molecule has 0 spiro atoms. The van der Waals surface area contributed by atoms with Crippen LogP contribution in [0.4, 0.5) is 5.13 Å². The van der Waals surface area contributed by atoms with Gasteiger partial charge in [0.25, 0.3) is 10.0 Å². The van der Waals surface area contributed by atoms with Gasteiger partial charge in [0.2, 0.25) is 0 Å². The van der Waals surface area contributed by atoms with Crippen LogP contribution < -0.4 is 4.72 Å². The summed E-state index contributed by atoms with van der Waals surface area (Å²) in [4.78, 5) is 4.60. The van der Waals surface area contributed by atoms with E-state index in [9.17, 15) is 8.42 Å². The first-order valence-corrected chi connectivity index (χ1v) is 10.1. The van der Waals surface area contributed by atoms with Gasteiger partial charge in [0, 0.05) is 0 Å². The standard InChI is InChI=1S/C18H20N2O2S2/c1-12(2)10-14-5-7-15(8-6-14)24(21,22)20-18-19-16-9-4-13(3)11-17(16)23-18/h4-9,11-12H,10H2,1-3H3,(H,19,20). The van der Waals surface area contributed by atoms with E-state index in [0.717, 1.165) is 27.8 Å². The van der Waals surface area contributed by atoms with Crippen LogP contribution in [0.5, 0.6) is 0 Å². The lowest BCUT2D eigenvalue weighted by Gasteiger charge is -2.08. The highest BCUT2D eigenvalue weighted by Crippen LogP contribution is 2.28. The number of aryl methyl sites for hydroxylation is 1. The molecule has 0 aliphatic carbocycles. The Morgan fingerprint density at radius 3 is 2.50 bits per heavy atom. The molecule has 0 unspecified atom stereocenters. The first kappa shape index (κ1) is 16.9. The van der Waals surface area contributed by atoms with E-state index in [-0.39, 0.29) is 4.90 Å². The Morgan fingerprint density at radius 1 is 1.12 bits per heavy atom. The number of nitrogens with zero attached hydrogens (tertiary/aromatic N) is 1. The molecule has 0 amide bonds. The van der Waals surface area contributed by atoms with Crippen molar-refractivity contribution in [3.05, 3.63) is 53.6 Å². The van der Waals surface area contributed by atoms with Gasteiger partial charge in [-0.1, -0.05) is 43.4 Å². The topological polar surface area (TPSA) is 59.1 Å². The summed E-state index contributed by atoms with van der Waals surface area (Å²) in [5.41, 5.74) is 3.07. The van der Waals surface area contributed by atoms with Crippen LogP contribution in [0.3, 0.4) is 0 Å². The highest BCUT2D eigenvalue weighted by molar-refractivity contribution is 7.93. The van der Waals surface area contributed by atoms with Gasteiger partial charge in [-0.2, -0.15) is 0 Å². The van der Waals surface area contributed by atoms with Crippen molar-refractivity contribution in [2.24, 2.45) is 5.92 Å². The molecular formula is C18H20N2O2S2. The van der Waals surface area contributed by atoms with Gasteiger partial charge in [-0.05, 0) is 54.7 Å². The molecule has 0 fully saturated rings. The zero-order chi connectivity index (χ0) is 17.3. The Hall–Kier alpha value is -1.92. The first-order chi connectivity index (χ1) is 11.3. The third kappa shape index (κ3) is 3.76. The van der Waals surface area contributed by atoms with Crippen molar-refractivity contribution >= 4 is 36.7 Å². The summed E-state index contributed by atoms with van der Waals surface area (Å²) < 4.78 is 28.6. The summed E-state index contributed by atoms with van der Waals surface area (Å²) >= 11 is 1.34. The van der Waals surface area contributed by atoms with Crippen molar-refractivity contribution in [3.63, 3.8) is 0 Å². The largest absolute Gasteiger partial charge is 0.263 e. The molecule has 0 aliphatic rings. The molecule has 3 aromatic rings. The average molecular weight is 361 g/mol. The van der Waals surface area contributed by atoms with E-state index < -0.39 is 10.0 Å². The minimum atomic E-state index is -3.62. The van der Waals surface area contributed by atoms with E-state index in [4.69, 9.17) is 0 Å². The number of aromatic nitrogens is 1. The Bertz CT molecular complexity index is 958. The number of nitrogens with one attached hydrogen (secondary N) is 1. The van der Waals surface area contributed by atoms with Crippen LogP contribution in [0.15, 0.2) is 47.4 Å². The van der Waals surface area contributed by atoms with Crippen LogP contribution in [0.2, 0.25) is 0 Å². The number of thiazole rings is 1. The molecule has 4 nitrogen and oxygen atoms in total. The fraction of sp³-hybridized carbons (Fsp3) is 0.278. The summed E-state index contributed by atoms with van der Waals surface area (Å²) in [6.07, 6.45) is 0.935. The Kier molecular flexibility index (Phi) is 4.60. The Balaban J connectivity index is 1.84. The lowest BCUT2D eigenvalue weighted by atomic mass is 10.0. The van der Waals surface area contributed by atoms with Crippen molar-refractivity contribution in [1.29, 1.82) is 0 Å². The highest BCUT2D eigenvalue weighted by atomic mass is 32.2. The fourth-order valence-electron chi connectivity index (χ4n) is 2.53. The second-order valence-electron chi connectivity index (χ2n) is 6.34. The van der Waals surface area contributed by atoms with Gasteiger partial charge in [0.15, 0.2) is 5.13 Å². The number of sulfonamides is 1. The molecule has 0 aliphatic heterocycles. The molecule has 0 bridgehead atoms. The summed E-state index contributed by atoms with van der Waals surface area (Å²) in [5, 5.41) is 0.391. The predicted octanol–water partition coefficient (Wildman–Crippen LogP) is 4.60. The van der Waals surface area contributed by atoms with Gasteiger partial charge in [0.1, 0.15) is 0 Å². The quantitative estimate of drug-likeness (QED) is 0.723. The van der Waals surface area contributed by atoms with Crippen molar-refractivity contribution < 1.29 is 8.42 Å². The maximum atomic E-state index is 12.5. The second-order valence-corrected chi connectivity index (χ2v) is 9.05. The molecule has 2 aromatic carbocycles. The minimum Gasteiger partial charge on any atom is -0.255 e. The molecule has 0 saturated carbocycles. The van der Waals surface area contributed by atoms with Gasteiger partial charge >= 0.3 is 0 Å². The van der Waals surface area contributed by atoms with E-state index in [1.807, 2.05) is 37.3 Å². The van der Waals surface area contributed by atoms with Crippen molar-refractivity contribution in [1.82, 2.24) is 4.98 Å². The van der Waals surface area contributed by atoms with Crippen LogP contribution in [0.25, 0.3) is 10.2 Å². The summed E-state index contributed by atoms with van der Waals surface area (Å²) in [5.74, 6) is 0.539. The molecule has 24 heavy (non-hydrogen) atoms. The third-order valence-electron chi connectivity index (χ3n) is 3.64. The van der Waals surface area contributed by atoms with Crippen LogP contribution >= 0.6 is 11.3 Å².